The van der Waals surface area contributed by atoms with Gasteiger partial charge in [0.05, 0.1) is 6.54 Å². The Hall–Kier alpha value is -2.04. The number of rotatable bonds is 7. The summed E-state index contributed by atoms with van der Waals surface area (Å²) >= 11 is 0. The normalized spacial score (nSPS) is 12.4. The molecule has 2 rings (SSSR count). The summed E-state index contributed by atoms with van der Waals surface area (Å²) in [5, 5.41) is 3.21. The highest BCUT2D eigenvalue weighted by molar-refractivity contribution is 5.97. The van der Waals surface area contributed by atoms with Gasteiger partial charge in [0.25, 0.3) is 0 Å². The van der Waals surface area contributed by atoms with Gasteiger partial charge in [-0.3, -0.25) is 4.79 Å². The van der Waals surface area contributed by atoms with Gasteiger partial charge in [0.1, 0.15) is 5.82 Å². The lowest BCUT2D eigenvalue weighted by molar-refractivity contribution is 0.0988. The molecule has 1 unspecified atom stereocenters. The van der Waals surface area contributed by atoms with Crippen LogP contribution in [0.15, 0.2) is 48.5 Å². The molecule has 0 amide bonds. The first-order valence-corrected chi connectivity index (χ1v) is 7.70. The fourth-order valence-corrected chi connectivity index (χ4v) is 2.45. The minimum absolute atomic E-state index is 0.0357. The number of benzene rings is 2. The maximum atomic E-state index is 12.9. The molecule has 0 saturated heterocycles. The van der Waals surface area contributed by atoms with E-state index in [1.54, 1.807) is 0 Å². The van der Waals surface area contributed by atoms with Crippen molar-refractivity contribution >= 4 is 5.78 Å². The first-order chi connectivity index (χ1) is 11.0. The van der Waals surface area contributed by atoms with E-state index in [4.69, 9.17) is 0 Å². The lowest BCUT2D eigenvalue weighted by Gasteiger charge is -2.25. The summed E-state index contributed by atoms with van der Waals surface area (Å²) in [6.07, 6.45) is 0. The standard InChI is InChI=1S/C19H23FN2O/c1-14-4-6-15(7-5-14)18(22(2)3)12-21-13-19(23)16-8-10-17(20)11-9-16/h4-11,18,21H,12-13H2,1-3H3. The summed E-state index contributed by atoms with van der Waals surface area (Å²) in [5.74, 6) is -0.368. The quantitative estimate of drug-likeness (QED) is 0.797. The summed E-state index contributed by atoms with van der Waals surface area (Å²) < 4.78 is 12.9. The topological polar surface area (TPSA) is 32.3 Å². The molecular weight excluding hydrogens is 291 g/mol. The van der Waals surface area contributed by atoms with E-state index in [9.17, 15) is 9.18 Å². The molecule has 0 radical (unpaired) electrons. The van der Waals surface area contributed by atoms with Crippen LogP contribution in [-0.4, -0.2) is 37.9 Å². The minimum Gasteiger partial charge on any atom is -0.308 e. The molecule has 0 fully saturated rings. The Morgan fingerprint density at radius 1 is 1.09 bits per heavy atom. The fraction of sp³-hybridized carbons (Fsp3) is 0.316. The maximum absolute atomic E-state index is 12.9. The van der Waals surface area contributed by atoms with Gasteiger partial charge in [-0.25, -0.2) is 4.39 Å². The number of ketones is 1. The van der Waals surface area contributed by atoms with E-state index >= 15 is 0 Å². The number of likely N-dealkylation sites (N-methyl/N-ethyl adjacent to an activating group) is 1. The van der Waals surface area contributed by atoms with E-state index in [1.165, 1.54) is 35.4 Å². The van der Waals surface area contributed by atoms with Gasteiger partial charge in [0.2, 0.25) is 0 Å². The van der Waals surface area contributed by atoms with E-state index in [0.717, 1.165) is 0 Å². The third-order valence-corrected chi connectivity index (χ3v) is 3.87. The van der Waals surface area contributed by atoms with Gasteiger partial charge < -0.3 is 10.2 Å². The molecule has 122 valence electrons. The van der Waals surface area contributed by atoms with Crippen LogP contribution in [0.25, 0.3) is 0 Å². The largest absolute Gasteiger partial charge is 0.308 e. The predicted molar refractivity (Wildman–Crippen MR) is 91.2 cm³/mol. The Balaban J connectivity index is 1.93. The van der Waals surface area contributed by atoms with E-state index < -0.39 is 0 Å². The molecule has 3 nitrogen and oxygen atoms in total. The molecule has 0 aliphatic heterocycles. The average Bonchev–Trinajstić information content (AvgIpc) is 2.53. The molecule has 1 N–H and O–H groups in total. The highest BCUT2D eigenvalue weighted by atomic mass is 19.1. The SMILES string of the molecule is Cc1ccc(C(CNCC(=O)c2ccc(F)cc2)N(C)C)cc1. The average molecular weight is 314 g/mol. The van der Waals surface area contributed by atoms with Crippen molar-refractivity contribution in [2.24, 2.45) is 0 Å². The zero-order valence-electron chi connectivity index (χ0n) is 13.8. The molecule has 2 aromatic carbocycles. The summed E-state index contributed by atoms with van der Waals surface area (Å²) in [7, 11) is 4.04. The predicted octanol–water partition coefficient (Wildman–Crippen LogP) is 3.21. The van der Waals surface area contributed by atoms with Crippen molar-refractivity contribution < 1.29 is 9.18 Å². The molecule has 2 aromatic rings. The molecule has 4 heteroatoms. The second-order valence-electron chi connectivity index (χ2n) is 5.95. The van der Waals surface area contributed by atoms with Crippen molar-refractivity contribution in [3.8, 4) is 0 Å². The van der Waals surface area contributed by atoms with Gasteiger partial charge in [-0.15, -0.1) is 0 Å². The summed E-state index contributed by atoms with van der Waals surface area (Å²) in [6, 6.07) is 14.3. The molecule has 0 bridgehead atoms. The number of hydrogen-bond acceptors (Lipinski definition) is 3. The fourth-order valence-electron chi connectivity index (χ4n) is 2.45. The van der Waals surface area contributed by atoms with Crippen molar-refractivity contribution in [3.63, 3.8) is 0 Å². The lowest BCUT2D eigenvalue weighted by Crippen LogP contribution is -2.33. The lowest BCUT2D eigenvalue weighted by atomic mass is 10.0. The van der Waals surface area contributed by atoms with Gasteiger partial charge in [-0.1, -0.05) is 29.8 Å². The van der Waals surface area contributed by atoms with Gasteiger partial charge in [0.15, 0.2) is 5.78 Å². The molecule has 0 aromatic heterocycles. The van der Waals surface area contributed by atoms with Crippen LogP contribution in [0.5, 0.6) is 0 Å². The second-order valence-corrected chi connectivity index (χ2v) is 5.95. The third-order valence-electron chi connectivity index (χ3n) is 3.87. The van der Waals surface area contributed by atoms with E-state index in [0.29, 0.717) is 12.1 Å². The minimum atomic E-state index is -0.332. The highest BCUT2D eigenvalue weighted by Crippen LogP contribution is 2.17. The number of hydrogen-bond donors (Lipinski definition) is 1. The summed E-state index contributed by atoms with van der Waals surface area (Å²) in [5.41, 5.74) is 2.96. The van der Waals surface area contributed by atoms with Crippen molar-refractivity contribution in [1.82, 2.24) is 10.2 Å². The van der Waals surface area contributed by atoms with Gasteiger partial charge in [-0.05, 0) is 50.8 Å². The Morgan fingerprint density at radius 2 is 1.70 bits per heavy atom. The Morgan fingerprint density at radius 3 is 2.26 bits per heavy atom. The molecule has 0 aliphatic rings. The Kier molecular flexibility index (Phi) is 6.02. The smallest absolute Gasteiger partial charge is 0.176 e. The highest BCUT2D eigenvalue weighted by Gasteiger charge is 2.14. The van der Waals surface area contributed by atoms with Crippen LogP contribution in [-0.2, 0) is 0 Å². The van der Waals surface area contributed by atoms with Gasteiger partial charge in [0, 0.05) is 18.2 Å². The van der Waals surface area contributed by atoms with Gasteiger partial charge in [-0.2, -0.15) is 0 Å². The van der Waals surface area contributed by atoms with Crippen LogP contribution < -0.4 is 5.32 Å². The zero-order chi connectivity index (χ0) is 16.8. The number of nitrogens with one attached hydrogen (secondary N) is 1. The number of nitrogens with zero attached hydrogens (tertiary/aromatic N) is 1. The van der Waals surface area contributed by atoms with Crippen LogP contribution in [0, 0.1) is 12.7 Å². The van der Waals surface area contributed by atoms with Crippen molar-refractivity contribution in [2.45, 2.75) is 13.0 Å². The molecular formula is C19H23FN2O. The van der Waals surface area contributed by atoms with Crippen molar-refractivity contribution in [2.75, 3.05) is 27.2 Å². The van der Waals surface area contributed by atoms with Crippen LogP contribution in [0.1, 0.15) is 27.5 Å². The monoisotopic (exact) mass is 314 g/mol. The Bertz CT molecular complexity index is 635. The summed E-state index contributed by atoms with van der Waals surface area (Å²) in [4.78, 5) is 14.2. The second kappa shape index (κ2) is 7.99. The van der Waals surface area contributed by atoms with Gasteiger partial charge >= 0.3 is 0 Å². The third kappa shape index (κ3) is 4.98. The first-order valence-electron chi connectivity index (χ1n) is 7.70. The number of aryl methyl sites for hydroxylation is 1. The van der Waals surface area contributed by atoms with Crippen LogP contribution in [0.3, 0.4) is 0 Å². The number of Topliss-reactive ketones (excluding diaryl/α,β-unsaturated/α-hetero) is 1. The first kappa shape index (κ1) is 17.3. The Labute approximate surface area is 137 Å². The van der Waals surface area contributed by atoms with E-state index in [2.05, 4.69) is 41.4 Å². The molecule has 23 heavy (non-hydrogen) atoms. The summed E-state index contributed by atoms with van der Waals surface area (Å²) in [6.45, 7) is 2.97. The number of carbonyl (C=O) groups excluding carboxylic acids is 1. The molecule has 0 saturated carbocycles. The van der Waals surface area contributed by atoms with Crippen LogP contribution in [0.2, 0.25) is 0 Å². The number of halogens is 1. The van der Waals surface area contributed by atoms with Crippen LogP contribution >= 0.6 is 0 Å². The molecule has 0 aliphatic carbocycles. The number of carbonyl (C=O) groups is 1. The van der Waals surface area contributed by atoms with Crippen molar-refractivity contribution in [1.29, 1.82) is 0 Å². The van der Waals surface area contributed by atoms with Crippen molar-refractivity contribution in [3.05, 3.63) is 71.0 Å². The maximum Gasteiger partial charge on any atom is 0.176 e. The molecule has 0 heterocycles. The molecule has 0 spiro atoms. The zero-order valence-corrected chi connectivity index (χ0v) is 13.8. The van der Waals surface area contributed by atoms with E-state index in [1.807, 2.05) is 14.1 Å². The van der Waals surface area contributed by atoms with E-state index in [-0.39, 0.29) is 24.2 Å². The van der Waals surface area contributed by atoms with Crippen LogP contribution in [0.4, 0.5) is 4.39 Å². The molecule has 1 atom stereocenters.